The van der Waals surface area contributed by atoms with Crippen molar-refractivity contribution in [3.05, 3.63) is 101 Å². The molecule has 160 valence electrons. The first-order valence-corrected chi connectivity index (χ1v) is 11.6. The number of fused-ring (bicyclic) bond motifs is 1. The van der Waals surface area contributed by atoms with Gasteiger partial charge in [-0.2, -0.15) is 0 Å². The first-order chi connectivity index (χ1) is 15.6. The summed E-state index contributed by atoms with van der Waals surface area (Å²) in [6.45, 7) is 4.96. The molecule has 0 bridgehead atoms. The van der Waals surface area contributed by atoms with E-state index in [-0.39, 0.29) is 5.91 Å². The molecule has 4 aromatic rings. The lowest BCUT2D eigenvalue weighted by Crippen LogP contribution is -2.29. The van der Waals surface area contributed by atoms with Gasteiger partial charge in [0.1, 0.15) is 5.01 Å². The molecular weight excluding hydrogens is 416 g/mol. The number of benzene rings is 3. The maximum absolute atomic E-state index is 12.7. The monoisotopic (exact) mass is 440 g/mol. The molecule has 6 heteroatoms. The summed E-state index contributed by atoms with van der Waals surface area (Å²) in [6.07, 6.45) is 1.09. The molecule has 3 aromatic carbocycles. The molecule has 0 saturated carbocycles. The van der Waals surface area contributed by atoms with Crippen molar-refractivity contribution in [2.45, 2.75) is 26.4 Å². The Hall–Kier alpha value is -3.35. The van der Waals surface area contributed by atoms with Gasteiger partial charge in [0.05, 0.1) is 0 Å². The maximum atomic E-state index is 12.7. The second-order valence-corrected chi connectivity index (χ2v) is 9.14. The van der Waals surface area contributed by atoms with E-state index in [1.165, 1.54) is 33.6 Å². The minimum Gasteiger partial charge on any atom is -0.296 e. The molecule has 0 spiro atoms. The van der Waals surface area contributed by atoms with Crippen molar-refractivity contribution < 1.29 is 4.79 Å². The van der Waals surface area contributed by atoms with E-state index in [2.05, 4.69) is 44.7 Å². The summed E-state index contributed by atoms with van der Waals surface area (Å²) >= 11 is 1.37. The van der Waals surface area contributed by atoms with Crippen LogP contribution in [0.3, 0.4) is 0 Å². The van der Waals surface area contributed by atoms with Crippen LogP contribution >= 0.6 is 11.3 Å². The van der Waals surface area contributed by atoms with E-state index in [4.69, 9.17) is 0 Å². The molecule has 32 heavy (non-hydrogen) atoms. The zero-order valence-corrected chi connectivity index (χ0v) is 18.7. The lowest BCUT2D eigenvalue weighted by Gasteiger charge is -2.28. The Morgan fingerprint density at radius 1 is 0.969 bits per heavy atom. The highest BCUT2D eigenvalue weighted by Crippen LogP contribution is 2.27. The summed E-state index contributed by atoms with van der Waals surface area (Å²) in [6, 6.07) is 24.6. The summed E-state index contributed by atoms with van der Waals surface area (Å²) in [5.41, 5.74) is 6.89. The SMILES string of the molecule is Cc1ccc(-c2nnc(NC(=O)c3ccc(CN4CCc5ccccc5C4)cc3)s2)cc1. The lowest BCUT2D eigenvalue weighted by molar-refractivity contribution is 0.102. The van der Waals surface area contributed by atoms with Crippen molar-refractivity contribution in [1.29, 1.82) is 0 Å². The Kier molecular flexibility index (Phi) is 5.79. The molecular formula is C26H24N4OS. The number of nitrogens with zero attached hydrogens (tertiary/aromatic N) is 3. The standard InChI is InChI=1S/C26H24N4OS/c1-18-6-10-22(11-7-18)25-28-29-26(32-25)27-24(31)21-12-8-19(9-13-21)16-30-15-14-20-4-2-3-5-23(20)17-30/h2-13H,14-17H2,1H3,(H,27,29,31). The third kappa shape index (κ3) is 4.61. The molecule has 0 radical (unpaired) electrons. The highest BCUT2D eigenvalue weighted by Gasteiger charge is 2.16. The van der Waals surface area contributed by atoms with Gasteiger partial charge in [0.2, 0.25) is 5.13 Å². The number of aromatic nitrogens is 2. The molecule has 0 fully saturated rings. The van der Waals surface area contributed by atoms with E-state index in [0.29, 0.717) is 10.7 Å². The van der Waals surface area contributed by atoms with E-state index in [1.807, 2.05) is 55.5 Å². The maximum Gasteiger partial charge on any atom is 0.257 e. The summed E-state index contributed by atoms with van der Waals surface area (Å²) in [4.78, 5) is 15.1. The number of hydrogen-bond acceptors (Lipinski definition) is 5. The molecule has 5 rings (SSSR count). The van der Waals surface area contributed by atoms with Crippen LogP contribution in [-0.2, 0) is 19.5 Å². The molecule has 1 aliphatic heterocycles. The summed E-state index contributed by atoms with van der Waals surface area (Å²) in [5.74, 6) is -0.171. The van der Waals surface area contributed by atoms with Gasteiger partial charge in [-0.05, 0) is 42.2 Å². The van der Waals surface area contributed by atoms with Crippen LogP contribution in [0.1, 0.15) is 32.6 Å². The number of nitrogens with one attached hydrogen (secondary N) is 1. The van der Waals surface area contributed by atoms with E-state index >= 15 is 0 Å². The molecule has 0 aliphatic carbocycles. The van der Waals surface area contributed by atoms with Crippen LogP contribution in [0.4, 0.5) is 5.13 Å². The molecule has 1 aromatic heterocycles. The van der Waals surface area contributed by atoms with Crippen LogP contribution in [0.5, 0.6) is 0 Å². The average molecular weight is 441 g/mol. The third-order valence-electron chi connectivity index (χ3n) is 5.78. The summed E-state index contributed by atoms with van der Waals surface area (Å²) in [7, 11) is 0. The molecule has 1 N–H and O–H groups in total. The van der Waals surface area contributed by atoms with Crippen molar-refractivity contribution in [1.82, 2.24) is 15.1 Å². The number of hydrogen-bond donors (Lipinski definition) is 1. The molecule has 1 amide bonds. The lowest BCUT2D eigenvalue weighted by atomic mass is 9.99. The fraction of sp³-hybridized carbons (Fsp3) is 0.192. The fourth-order valence-corrected chi connectivity index (χ4v) is 4.71. The molecule has 0 atom stereocenters. The van der Waals surface area contributed by atoms with Crippen molar-refractivity contribution >= 4 is 22.4 Å². The first-order valence-electron chi connectivity index (χ1n) is 10.7. The smallest absolute Gasteiger partial charge is 0.257 e. The van der Waals surface area contributed by atoms with Gasteiger partial charge in [-0.3, -0.25) is 15.0 Å². The zero-order chi connectivity index (χ0) is 21.9. The minimum atomic E-state index is -0.171. The Labute approximate surface area is 191 Å². The number of rotatable bonds is 5. The van der Waals surface area contributed by atoms with Gasteiger partial charge in [-0.25, -0.2) is 0 Å². The van der Waals surface area contributed by atoms with Crippen molar-refractivity contribution in [3.8, 4) is 10.6 Å². The Balaban J connectivity index is 1.20. The van der Waals surface area contributed by atoms with E-state index in [1.54, 1.807) is 0 Å². The first kappa shape index (κ1) is 20.5. The molecule has 5 nitrogen and oxygen atoms in total. The van der Waals surface area contributed by atoms with Crippen molar-refractivity contribution in [2.24, 2.45) is 0 Å². The third-order valence-corrected chi connectivity index (χ3v) is 6.66. The number of carbonyl (C=O) groups is 1. The predicted molar refractivity (Wildman–Crippen MR) is 129 cm³/mol. The topological polar surface area (TPSA) is 58.1 Å². The van der Waals surface area contributed by atoms with Gasteiger partial charge >= 0.3 is 0 Å². The van der Waals surface area contributed by atoms with E-state index in [0.717, 1.165) is 36.6 Å². The number of amides is 1. The Morgan fingerprint density at radius 2 is 1.72 bits per heavy atom. The van der Waals surface area contributed by atoms with Gasteiger partial charge < -0.3 is 0 Å². The Bertz CT molecular complexity index is 1230. The predicted octanol–water partition coefficient (Wildman–Crippen LogP) is 5.32. The highest BCUT2D eigenvalue weighted by atomic mass is 32.1. The van der Waals surface area contributed by atoms with Gasteiger partial charge in [0.15, 0.2) is 0 Å². The van der Waals surface area contributed by atoms with E-state index in [9.17, 15) is 4.79 Å². The summed E-state index contributed by atoms with van der Waals surface area (Å²) < 4.78 is 0. The number of carbonyl (C=O) groups excluding carboxylic acids is 1. The van der Waals surface area contributed by atoms with Crippen LogP contribution in [0, 0.1) is 6.92 Å². The van der Waals surface area contributed by atoms with Crippen LogP contribution in [0.2, 0.25) is 0 Å². The normalized spacial score (nSPS) is 13.5. The molecule has 0 saturated heterocycles. The van der Waals surface area contributed by atoms with Crippen LogP contribution in [0.25, 0.3) is 10.6 Å². The fourth-order valence-electron chi connectivity index (χ4n) is 3.96. The molecule has 2 heterocycles. The second kappa shape index (κ2) is 9.02. The number of anilines is 1. The second-order valence-electron chi connectivity index (χ2n) is 8.16. The van der Waals surface area contributed by atoms with Crippen LogP contribution < -0.4 is 5.32 Å². The number of aryl methyl sites for hydroxylation is 1. The Morgan fingerprint density at radius 3 is 2.50 bits per heavy atom. The minimum absolute atomic E-state index is 0.171. The quantitative estimate of drug-likeness (QED) is 0.456. The van der Waals surface area contributed by atoms with Crippen molar-refractivity contribution in [2.75, 3.05) is 11.9 Å². The summed E-state index contributed by atoms with van der Waals surface area (Å²) in [5, 5.41) is 12.5. The molecule has 0 unspecified atom stereocenters. The largest absolute Gasteiger partial charge is 0.296 e. The van der Waals surface area contributed by atoms with Gasteiger partial charge in [0, 0.05) is 30.8 Å². The van der Waals surface area contributed by atoms with Gasteiger partial charge in [-0.15, -0.1) is 10.2 Å². The highest BCUT2D eigenvalue weighted by molar-refractivity contribution is 7.18. The van der Waals surface area contributed by atoms with Gasteiger partial charge in [0.25, 0.3) is 5.91 Å². The van der Waals surface area contributed by atoms with Crippen LogP contribution in [-0.4, -0.2) is 27.5 Å². The van der Waals surface area contributed by atoms with Gasteiger partial charge in [-0.1, -0.05) is 77.6 Å². The van der Waals surface area contributed by atoms with E-state index < -0.39 is 0 Å². The average Bonchev–Trinajstić information content (AvgIpc) is 3.28. The van der Waals surface area contributed by atoms with Crippen LogP contribution in [0.15, 0.2) is 72.8 Å². The molecule has 1 aliphatic rings. The van der Waals surface area contributed by atoms with Crippen molar-refractivity contribution in [3.63, 3.8) is 0 Å². The zero-order valence-electron chi connectivity index (χ0n) is 17.9.